The van der Waals surface area contributed by atoms with Crippen molar-refractivity contribution in [3.05, 3.63) is 71.8 Å². The largest absolute Gasteiger partial charge is 0.392 e. The Bertz CT molecular complexity index is 875. The Morgan fingerprint density at radius 3 is 2.58 bits per heavy atom. The van der Waals surface area contributed by atoms with Gasteiger partial charge in [0.05, 0.1) is 6.61 Å². The summed E-state index contributed by atoms with van der Waals surface area (Å²) in [7, 11) is 2.16. The van der Waals surface area contributed by atoms with Crippen molar-refractivity contribution in [2.75, 3.05) is 25.0 Å². The lowest BCUT2D eigenvalue weighted by Crippen LogP contribution is -2.26. The summed E-state index contributed by atoms with van der Waals surface area (Å²) >= 11 is 0. The lowest BCUT2D eigenvalue weighted by Gasteiger charge is -2.26. The standard InChI is InChI=1S/C21H22N2O/c1-22-10-11-23(21-12-16(15-24)6-7-19(21)14-22)20-9-8-17-4-2-3-5-18(17)13-20/h2-9,12-13,24H,10-11,14-15H2,1H3. The van der Waals surface area contributed by atoms with Crippen molar-refractivity contribution in [3.8, 4) is 0 Å². The number of aliphatic hydroxyl groups excluding tert-OH is 1. The number of fused-ring (bicyclic) bond motifs is 2. The average Bonchev–Trinajstić information content (AvgIpc) is 2.79. The zero-order valence-electron chi connectivity index (χ0n) is 13.9. The smallest absolute Gasteiger partial charge is 0.0682 e. The zero-order valence-corrected chi connectivity index (χ0v) is 13.9. The molecule has 0 atom stereocenters. The minimum atomic E-state index is 0.0781. The zero-order chi connectivity index (χ0) is 16.5. The van der Waals surface area contributed by atoms with Crippen LogP contribution in [0.3, 0.4) is 0 Å². The first-order chi connectivity index (χ1) is 11.7. The maximum atomic E-state index is 9.53. The van der Waals surface area contributed by atoms with E-state index < -0.39 is 0 Å². The van der Waals surface area contributed by atoms with E-state index >= 15 is 0 Å². The van der Waals surface area contributed by atoms with Crippen LogP contribution in [0.15, 0.2) is 60.7 Å². The van der Waals surface area contributed by atoms with E-state index in [1.807, 2.05) is 6.07 Å². The van der Waals surface area contributed by atoms with Gasteiger partial charge in [-0.05, 0) is 47.1 Å². The van der Waals surface area contributed by atoms with Crippen molar-refractivity contribution in [3.63, 3.8) is 0 Å². The van der Waals surface area contributed by atoms with E-state index in [9.17, 15) is 5.11 Å². The highest BCUT2D eigenvalue weighted by atomic mass is 16.3. The molecule has 122 valence electrons. The van der Waals surface area contributed by atoms with Gasteiger partial charge in [0.15, 0.2) is 0 Å². The van der Waals surface area contributed by atoms with Gasteiger partial charge in [-0.25, -0.2) is 0 Å². The van der Waals surface area contributed by atoms with E-state index in [0.29, 0.717) is 0 Å². The van der Waals surface area contributed by atoms with Crippen molar-refractivity contribution in [2.45, 2.75) is 13.2 Å². The number of aliphatic hydroxyl groups is 1. The van der Waals surface area contributed by atoms with Gasteiger partial charge in [-0.1, -0.05) is 42.5 Å². The molecule has 0 bridgehead atoms. The molecule has 1 N–H and O–H groups in total. The van der Waals surface area contributed by atoms with Crippen LogP contribution in [0.5, 0.6) is 0 Å². The molecule has 0 unspecified atom stereocenters. The molecule has 24 heavy (non-hydrogen) atoms. The number of hydrogen-bond donors (Lipinski definition) is 1. The SMILES string of the molecule is CN1CCN(c2ccc3ccccc3c2)c2cc(CO)ccc2C1. The molecule has 1 heterocycles. The number of rotatable bonds is 2. The molecule has 3 aromatic carbocycles. The minimum Gasteiger partial charge on any atom is -0.392 e. The monoisotopic (exact) mass is 318 g/mol. The molecule has 0 aromatic heterocycles. The lowest BCUT2D eigenvalue weighted by molar-refractivity contribution is 0.282. The minimum absolute atomic E-state index is 0.0781. The van der Waals surface area contributed by atoms with Gasteiger partial charge >= 0.3 is 0 Å². The molecule has 0 radical (unpaired) electrons. The van der Waals surface area contributed by atoms with E-state index in [-0.39, 0.29) is 6.61 Å². The summed E-state index contributed by atoms with van der Waals surface area (Å²) < 4.78 is 0. The van der Waals surface area contributed by atoms with Crippen molar-refractivity contribution < 1.29 is 5.11 Å². The molecule has 0 fully saturated rings. The quantitative estimate of drug-likeness (QED) is 0.776. The molecule has 0 spiro atoms. The topological polar surface area (TPSA) is 26.7 Å². The predicted octanol–water partition coefficient (Wildman–Crippen LogP) is 3.92. The number of anilines is 2. The Morgan fingerprint density at radius 1 is 0.917 bits per heavy atom. The van der Waals surface area contributed by atoms with Crippen molar-refractivity contribution in [2.24, 2.45) is 0 Å². The van der Waals surface area contributed by atoms with Crippen LogP contribution in [0.1, 0.15) is 11.1 Å². The molecule has 0 aliphatic carbocycles. The first-order valence-electron chi connectivity index (χ1n) is 8.42. The van der Waals surface area contributed by atoms with Crippen LogP contribution < -0.4 is 4.90 Å². The van der Waals surface area contributed by atoms with Gasteiger partial charge in [0.1, 0.15) is 0 Å². The van der Waals surface area contributed by atoms with Crippen LogP contribution in [0.25, 0.3) is 10.8 Å². The third-order valence-corrected chi connectivity index (χ3v) is 4.81. The summed E-state index contributed by atoms with van der Waals surface area (Å²) in [4.78, 5) is 4.73. The summed E-state index contributed by atoms with van der Waals surface area (Å²) in [5, 5.41) is 12.0. The maximum Gasteiger partial charge on any atom is 0.0682 e. The molecular formula is C21H22N2O. The molecule has 0 saturated carbocycles. The van der Waals surface area contributed by atoms with Crippen LogP contribution >= 0.6 is 0 Å². The van der Waals surface area contributed by atoms with Crippen LogP contribution in [0.4, 0.5) is 11.4 Å². The van der Waals surface area contributed by atoms with E-state index in [4.69, 9.17) is 0 Å². The average molecular weight is 318 g/mol. The van der Waals surface area contributed by atoms with E-state index in [1.54, 1.807) is 0 Å². The number of nitrogens with zero attached hydrogens (tertiary/aromatic N) is 2. The third kappa shape index (κ3) is 2.77. The first-order valence-corrected chi connectivity index (χ1v) is 8.42. The Kier molecular flexibility index (Phi) is 3.97. The highest BCUT2D eigenvalue weighted by molar-refractivity contribution is 5.87. The first kappa shape index (κ1) is 15.2. The highest BCUT2D eigenvalue weighted by Gasteiger charge is 2.19. The van der Waals surface area contributed by atoms with Crippen molar-refractivity contribution in [1.29, 1.82) is 0 Å². The van der Waals surface area contributed by atoms with Crippen molar-refractivity contribution in [1.82, 2.24) is 4.90 Å². The van der Waals surface area contributed by atoms with Gasteiger partial charge in [0.2, 0.25) is 0 Å². The second kappa shape index (κ2) is 6.27. The fraction of sp³-hybridized carbons (Fsp3) is 0.238. The Morgan fingerprint density at radius 2 is 1.75 bits per heavy atom. The van der Waals surface area contributed by atoms with Crippen molar-refractivity contribution >= 4 is 22.1 Å². The molecule has 4 rings (SSSR count). The summed E-state index contributed by atoms with van der Waals surface area (Å²) in [5.41, 5.74) is 4.69. The summed E-state index contributed by atoms with van der Waals surface area (Å²) in [6.45, 7) is 2.96. The second-order valence-electron chi connectivity index (χ2n) is 6.54. The van der Waals surface area contributed by atoms with Gasteiger partial charge in [-0.15, -0.1) is 0 Å². The number of hydrogen-bond acceptors (Lipinski definition) is 3. The molecule has 3 aromatic rings. The van der Waals surface area contributed by atoms with Gasteiger partial charge in [-0.3, -0.25) is 0 Å². The van der Waals surface area contributed by atoms with Gasteiger partial charge in [0, 0.05) is 31.0 Å². The summed E-state index contributed by atoms with van der Waals surface area (Å²) in [6.07, 6.45) is 0. The van der Waals surface area contributed by atoms with E-state index in [1.165, 1.54) is 27.7 Å². The molecule has 3 heteroatoms. The summed E-state index contributed by atoms with van der Waals surface area (Å²) in [5.74, 6) is 0. The van der Waals surface area contributed by atoms with Gasteiger partial charge < -0.3 is 14.9 Å². The van der Waals surface area contributed by atoms with Crippen LogP contribution in [-0.4, -0.2) is 30.1 Å². The highest BCUT2D eigenvalue weighted by Crippen LogP contribution is 2.33. The fourth-order valence-electron chi connectivity index (χ4n) is 3.47. The summed E-state index contributed by atoms with van der Waals surface area (Å²) in [6, 6.07) is 21.4. The molecule has 1 aliphatic heterocycles. The van der Waals surface area contributed by atoms with Crippen LogP contribution in [0, 0.1) is 0 Å². The molecular weight excluding hydrogens is 296 g/mol. The maximum absolute atomic E-state index is 9.53. The van der Waals surface area contributed by atoms with Crippen LogP contribution in [-0.2, 0) is 13.2 Å². The Hall–Kier alpha value is -2.36. The predicted molar refractivity (Wildman–Crippen MR) is 99.7 cm³/mol. The van der Waals surface area contributed by atoms with E-state index in [2.05, 4.69) is 71.4 Å². The normalized spacial score (nSPS) is 15.3. The Balaban J connectivity index is 1.84. The van der Waals surface area contributed by atoms with E-state index in [0.717, 1.165) is 25.2 Å². The second-order valence-corrected chi connectivity index (χ2v) is 6.54. The molecule has 0 saturated heterocycles. The number of likely N-dealkylation sites (N-methyl/N-ethyl adjacent to an activating group) is 1. The fourth-order valence-corrected chi connectivity index (χ4v) is 3.47. The number of benzene rings is 3. The molecule has 3 nitrogen and oxygen atoms in total. The van der Waals surface area contributed by atoms with Gasteiger partial charge in [0.25, 0.3) is 0 Å². The Labute approximate surface area is 142 Å². The lowest BCUT2D eigenvalue weighted by atomic mass is 10.1. The van der Waals surface area contributed by atoms with Crippen LogP contribution in [0.2, 0.25) is 0 Å². The molecule has 0 amide bonds. The van der Waals surface area contributed by atoms with Gasteiger partial charge in [-0.2, -0.15) is 0 Å². The third-order valence-electron chi connectivity index (χ3n) is 4.81. The molecule has 1 aliphatic rings.